The molecule has 2 rings (SSSR count). The van der Waals surface area contributed by atoms with E-state index >= 15 is 0 Å². The molecular formula is C20H27ClN2O2. The van der Waals surface area contributed by atoms with E-state index in [-0.39, 0.29) is 18.3 Å². The van der Waals surface area contributed by atoms with E-state index in [0.29, 0.717) is 19.4 Å². The van der Waals surface area contributed by atoms with E-state index in [1.54, 1.807) is 0 Å². The van der Waals surface area contributed by atoms with Gasteiger partial charge in [-0.15, -0.1) is 12.4 Å². The van der Waals surface area contributed by atoms with Crippen molar-refractivity contribution in [3.8, 4) is 5.75 Å². The van der Waals surface area contributed by atoms with Gasteiger partial charge in [0.05, 0.1) is 6.61 Å². The Morgan fingerprint density at radius 1 is 1.16 bits per heavy atom. The lowest BCUT2D eigenvalue weighted by Crippen LogP contribution is -2.23. The van der Waals surface area contributed by atoms with Crippen molar-refractivity contribution in [2.75, 3.05) is 12.3 Å². The Bertz CT molecular complexity index is 662. The molecule has 0 aliphatic rings. The minimum atomic E-state index is 0. The minimum Gasteiger partial charge on any atom is -0.494 e. The van der Waals surface area contributed by atoms with Crippen LogP contribution in [-0.2, 0) is 17.8 Å². The quantitative estimate of drug-likeness (QED) is 0.521. The van der Waals surface area contributed by atoms with E-state index in [0.717, 1.165) is 42.0 Å². The molecule has 0 heterocycles. The van der Waals surface area contributed by atoms with Crippen molar-refractivity contribution in [2.24, 2.45) is 0 Å². The molecule has 0 unspecified atom stereocenters. The van der Waals surface area contributed by atoms with Gasteiger partial charge in [0.2, 0.25) is 5.91 Å². The van der Waals surface area contributed by atoms with Gasteiger partial charge in [0.25, 0.3) is 0 Å². The van der Waals surface area contributed by atoms with Crippen molar-refractivity contribution < 1.29 is 9.53 Å². The van der Waals surface area contributed by atoms with E-state index in [2.05, 4.69) is 12.2 Å². The van der Waals surface area contributed by atoms with Crippen LogP contribution in [0.4, 0.5) is 5.69 Å². The molecule has 2 aromatic carbocycles. The number of nitrogens with one attached hydrogen (secondary N) is 1. The van der Waals surface area contributed by atoms with Crippen LogP contribution < -0.4 is 15.8 Å². The number of halogens is 1. The Kier molecular flexibility index (Phi) is 9.48. The van der Waals surface area contributed by atoms with Crippen LogP contribution in [0.1, 0.15) is 37.3 Å². The van der Waals surface area contributed by atoms with E-state index in [9.17, 15) is 4.79 Å². The predicted molar refractivity (Wildman–Crippen MR) is 105 cm³/mol. The summed E-state index contributed by atoms with van der Waals surface area (Å²) in [5.41, 5.74) is 8.68. The van der Waals surface area contributed by atoms with Gasteiger partial charge < -0.3 is 15.8 Å². The van der Waals surface area contributed by atoms with E-state index in [1.165, 1.54) is 0 Å². The first-order valence-corrected chi connectivity index (χ1v) is 8.51. The topological polar surface area (TPSA) is 64.3 Å². The van der Waals surface area contributed by atoms with Gasteiger partial charge in [-0.05, 0) is 42.2 Å². The zero-order valence-corrected chi connectivity index (χ0v) is 15.5. The molecule has 0 aromatic heterocycles. The largest absolute Gasteiger partial charge is 0.494 e. The Hall–Kier alpha value is -2.20. The van der Waals surface area contributed by atoms with Gasteiger partial charge in [-0.3, -0.25) is 4.79 Å². The number of amides is 1. The highest BCUT2D eigenvalue weighted by molar-refractivity contribution is 5.85. The smallest absolute Gasteiger partial charge is 0.220 e. The number of aryl methyl sites for hydroxylation is 1. The third-order valence-electron chi connectivity index (χ3n) is 3.83. The SMILES string of the molecule is CCCCOc1cccc(CNC(=O)CCc2ccccc2N)c1.Cl. The van der Waals surface area contributed by atoms with Crippen LogP contribution in [0.3, 0.4) is 0 Å². The van der Waals surface area contributed by atoms with Crippen molar-refractivity contribution in [1.29, 1.82) is 0 Å². The van der Waals surface area contributed by atoms with Crippen molar-refractivity contribution >= 4 is 24.0 Å². The number of nitrogens with two attached hydrogens (primary N) is 1. The molecule has 136 valence electrons. The molecule has 0 atom stereocenters. The Morgan fingerprint density at radius 2 is 1.96 bits per heavy atom. The lowest BCUT2D eigenvalue weighted by atomic mass is 10.1. The van der Waals surface area contributed by atoms with Crippen molar-refractivity contribution in [2.45, 2.75) is 39.2 Å². The Labute approximate surface area is 156 Å². The van der Waals surface area contributed by atoms with Gasteiger partial charge in [0.15, 0.2) is 0 Å². The van der Waals surface area contributed by atoms with Crippen LogP contribution in [-0.4, -0.2) is 12.5 Å². The number of carbonyl (C=O) groups excluding carboxylic acids is 1. The standard InChI is InChI=1S/C20H26N2O2.ClH/c1-2-3-13-24-18-9-6-7-16(14-18)15-22-20(23)12-11-17-8-4-5-10-19(17)21;/h4-10,14H,2-3,11-13,15,21H2,1H3,(H,22,23);1H. The Balaban J connectivity index is 0.00000312. The van der Waals surface area contributed by atoms with Crippen LogP contribution in [0.15, 0.2) is 48.5 Å². The summed E-state index contributed by atoms with van der Waals surface area (Å²) in [4.78, 5) is 12.0. The van der Waals surface area contributed by atoms with Crippen molar-refractivity contribution in [3.05, 3.63) is 59.7 Å². The number of rotatable bonds is 9. The lowest BCUT2D eigenvalue weighted by molar-refractivity contribution is -0.121. The molecule has 0 fully saturated rings. The molecule has 0 bridgehead atoms. The zero-order chi connectivity index (χ0) is 17.2. The molecule has 0 spiro atoms. The molecule has 3 N–H and O–H groups in total. The fourth-order valence-electron chi connectivity index (χ4n) is 2.38. The number of para-hydroxylation sites is 1. The third-order valence-corrected chi connectivity index (χ3v) is 3.83. The van der Waals surface area contributed by atoms with Gasteiger partial charge in [-0.2, -0.15) is 0 Å². The van der Waals surface area contributed by atoms with Crippen molar-refractivity contribution in [3.63, 3.8) is 0 Å². The summed E-state index contributed by atoms with van der Waals surface area (Å²) >= 11 is 0. The Morgan fingerprint density at radius 3 is 2.72 bits per heavy atom. The lowest BCUT2D eigenvalue weighted by Gasteiger charge is -2.09. The second-order valence-electron chi connectivity index (χ2n) is 5.82. The van der Waals surface area contributed by atoms with Crippen LogP contribution >= 0.6 is 12.4 Å². The normalized spacial score (nSPS) is 9.96. The highest BCUT2D eigenvalue weighted by Gasteiger charge is 2.05. The molecule has 0 radical (unpaired) electrons. The third kappa shape index (κ3) is 7.48. The number of carbonyl (C=O) groups is 1. The van der Waals surface area contributed by atoms with Crippen LogP contribution in [0.25, 0.3) is 0 Å². The number of unbranched alkanes of at least 4 members (excludes halogenated alkanes) is 1. The molecule has 5 heteroatoms. The fraction of sp³-hybridized carbons (Fsp3) is 0.350. The molecule has 25 heavy (non-hydrogen) atoms. The first-order chi connectivity index (χ1) is 11.7. The number of nitrogen functional groups attached to an aromatic ring is 1. The second kappa shape index (κ2) is 11.4. The van der Waals surface area contributed by atoms with Crippen molar-refractivity contribution in [1.82, 2.24) is 5.32 Å². The van der Waals surface area contributed by atoms with Gasteiger partial charge in [-0.25, -0.2) is 0 Å². The molecule has 0 aliphatic heterocycles. The first kappa shape index (κ1) is 20.8. The highest BCUT2D eigenvalue weighted by Crippen LogP contribution is 2.14. The summed E-state index contributed by atoms with van der Waals surface area (Å²) in [7, 11) is 0. The van der Waals surface area contributed by atoms with Gasteiger partial charge in [0, 0.05) is 18.7 Å². The number of hydrogen-bond acceptors (Lipinski definition) is 3. The number of hydrogen-bond donors (Lipinski definition) is 2. The maximum absolute atomic E-state index is 12.0. The summed E-state index contributed by atoms with van der Waals surface area (Å²) in [6.45, 7) is 3.37. The molecule has 0 saturated carbocycles. The van der Waals surface area contributed by atoms with Gasteiger partial charge in [0.1, 0.15) is 5.75 Å². The van der Waals surface area contributed by atoms with Gasteiger partial charge in [-0.1, -0.05) is 43.7 Å². The maximum atomic E-state index is 12.0. The number of benzene rings is 2. The maximum Gasteiger partial charge on any atom is 0.220 e. The number of anilines is 1. The molecule has 4 nitrogen and oxygen atoms in total. The van der Waals surface area contributed by atoms with Crippen LogP contribution in [0.2, 0.25) is 0 Å². The van der Waals surface area contributed by atoms with Gasteiger partial charge >= 0.3 is 0 Å². The van der Waals surface area contributed by atoms with Crippen LogP contribution in [0.5, 0.6) is 5.75 Å². The predicted octanol–water partition coefficient (Wildman–Crippen LogP) is 4.12. The summed E-state index contributed by atoms with van der Waals surface area (Å²) in [6, 6.07) is 15.5. The zero-order valence-electron chi connectivity index (χ0n) is 14.7. The summed E-state index contributed by atoms with van der Waals surface area (Å²) in [5.74, 6) is 0.878. The molecule has 0 saturated heterocycles. The average Bonchev–Trinajstić information content (AvgIpc) is 2.60. The summed E-state index contributed by atoms with van der Waals surface area (Å²) in [6.07, 6.45) is 3.24. The second-order valence-corrected chi connectivity index (χ2v) is 5.82. The monoisotopic (exact) mass is 362 g/mol. The number of ether oxygens (including phenoxy) is 1. The molecule has 1 amide bonds. The fourth-order valence-corrected chi connectivity index (χ4v) is 2.38. The van der Waals surface area contributed by atoms with Crippen LogP contribution in [0, 0.1) is 0 Å². The highest BCUT2D eigenvalue weighted by atomic mass is 35.5. The summed E-state index contributed by atoms with van der Waals surface area (Å²) < 4.78 is 5.69. The van der Waals surface area contributed by atoms with E-state index in [4.69, 9.17) is 10.5 Å². The van der Waals surface area contributed by atoms with E-state index < -0.39 is 0 Å². The average molecular weight is 363 g/mol. The first-order valence-electron chi connectivity index (χ1n) is 8.51. The molecule has 2 aromatic rings. The van der Waals surface area contributed by atoms with E-state index in [1.807, 2.05) is 48.5 Å². The molecular weight excluding hydrogens is 336 g/mol. The minimum absolute atomic E-state index is 0. The summed E-state index contributed by atoms with van der Waals surface area (Å²) in [5, 5.41) is 2.95. The molecule has 0 aliphatic carbocycles.